The van der Waals surface area contributed by atoms with E-state index in [4.69, 9.17) is 5.11 Å². The molecule has 1 aromatic carbocycles. The lowest BCUT2D eigenvalue weighted by atomic mass is 9.99. The number of carbonyl (C=O) groups is 2. The quantitative estimate of drug-likeness (QED) is 0.748. The van der Waals surface area contributed by atoms with E-state index >= 15 is 0 Å². The van der Waals surface area contributed by atoms with Gasteiger partial charge in [0, 0.05) is 5.69 Å². The minimum Gasteiger partial charge on any atom is -0.480 e. The molecule has 5 nitrogen and oxygen atoms in total. The molecule has 0 spiro atoms. The molecule has 0 heterocycles. The summed E-state index contributed by atoms with van der Waals surface area (Å²) in [5.74, 6) is -1.14. The van der Waals surface area contributed by atoms with Crippen LogP contribution in [-0.4, -0.2) is 23.1 Å². The van der Waals surface area contributed by atoms with E-state index in [0.717, 1.165) is 12.0 Å². The molecule has 0 aliphatic rings. The number of amides is 2. The maximum atomic E-state index is 11.9. The predicted molar refractivity (Wildman–Crippen MR) is 78.9 cm³/mol. The van der Waals surface area contributed by atoms with Gasteiger partial charge in [0.25, 0.3) is 0 Å². The monoisotopic (exact) mass is 278 g/mol. The number of carboxylic acid groups (broad SMARTS) is 1. The maximum Gasteiger partial charge on any atom is 0.326 e. The molecule has 0 aliphatic carbocycles. The Kier molecular flexibility index (Phi) is 6.03. The molecule has 0 fully saturated rings. The van der Waals surface area contributed by atoms with E-state index in [1.54, 1.807) is 13.0 Å². The first-order valence-electron chi connectivity index (χ1n) is 6.87. The SMILES string of the molecule is CCc1cccc(NC(=O)N[C@H](C(=O)O)[C@@H](C)CC)c1. The third-order valence-corrected chi connectivity index (χ3v) is 3.36. The zero-order valence-corrected chi connectivity index (χ0v) is 12.1. The fourth-order valence-electron chi connectivity index (χ4n) is 1.86. The zero-order chi connectivity index (χ0) is 15.1. The molecule has 0 aromatic heterocycles. The first-order valence-corrected chi connectivity index (χ1v) is 6.87. The minimum absolute atomic E-state index is 0.125. The lowest BCUT2D eigenvalue weighted by Crippen LogP contribution is -2.46. The van der Waals surface area contributed by atoms with Gasteiger partial charge in [-0.25, -0.2) is 9.59 Å². The summed E-state index contributed by atoms with van der Waals surface area (Å²) in [6.07, 6.45) is 1.56. The van der Waals surface area contributed by atoms with Crippen molar-refractivity contribution in [3.05, 3.63) is 29.8 Å². The molecule has 2 amide bonds. The van der Waals surface area contributed by atoms with E-state index < -0.39 is 18.0 Å². The van der Waals surface area contributed by atoms with Gasteiger partial charge in [0.2, 0.25) is 0 Å². The van der Waals surface area contributed by atoms with E-state index in [9.17, 15) is 9.59 Å². The van der Waals surface area contributed by atoms with Crippen LogP contribution in [0.25, 0.3) is 0 Å². The number of aliphatic carboxylic acids is 1. The zero-order valence-electron chi connectivity index (χ0n) is 12.1. The molecule has 5 heteroatoms. The van der Waals surface area contributed by atoms with Crippen LogP contribution in [0.5, 0.6) is 0 Å². The maximum absolute atomic E-state index is 11.9. The minimum atomic E-state index is -1.02. The van der Waals surface area contributed by atoms with Gasteiger partial charge in [-0.1, -0.05) is 39.3 Å². The van der Waals surface area contributed by atoms with Crippen molar-refractivity contribution in [1.82, 2.24) is 5.32 Å². The molecule has 2 atom stereocenters. The number of benzene rings is 1. The first-order chi connectivity index (χ1) is 9.47. The van der Waals surface area contributed by atoms with E-state index in [-0.39, 0.29) is 5.92 Å². The molecule has 110 valence electrons. The Hall–Kier alpha value is -2.04. The predicted octanol–water partition coefficient (Wildman–Crippen LogP) is 2.87. The summed E-state index contributed by atoms with van der Waals surface area (Å²) >= 11 is 0. The van der Waals surface area contributed by atoms with Crippen molar-refractivity contribution in [2.24, 2.45) is 5.92 Å². The second-order valence-electron chi connectivity index (χ2n) is 4.85. The van der Waals surface area contributed by atoms with Crippen molar-refractivity contribution >= 4 is 17.7 Å². The fourth-order valence-corrected chi connectivity index (χ4v) is 1.86. The number of anilines is 1. The van der Waals surface area contributed by atoms with Crippen LogP contribution in [0.1, 0.15) is 32.8 Å². The van der Waals surface area contributed by atoms with Crippen molar-refractivity contribution in [3.63, 3.8) is 0 Å². The van der Waals surface area contributed by atoms with Gasteiger partial charge in [0.15, 0.2) is 0 Å². The van der Waals surface area contributed by atoms with Crippen LogP contribution >= 0.6 is 0 Å². The molecule has 20 heavy (non-hydrogen) atoms. The largest absolute Gasteiger partial charge is 0.480 e. The van der Waals surface area contributed by atoms with Gasteiger partial charge in [0.05, 0.1) is 0 Å². The van der Waals surface area contributed by atoms with E-state index in [0.29, 0.717) is 12.1 Å². The second kappa shape index (κ2) is 7.53. The van der Waals surface area contributed by atoms with Crippen molar-refractivity contribution in [3.8, 4) is 0 Å². The summed E-state index contributed by atoms with van der Waals surface area (Å²) < 4.78 is 0. The van der Waals surface area contributed by atoms with Gasteiger partial charge < -0.3 is 15.7 Å². The standard InChI is InChI=1S/C15H22N2O3/c1-4-10(3)13(14(18)19)17-15(20)16-12-8-6-7-11(5-2)9-12/h6-10,13H,4-5H2,1-3H3,(H,18,19)(H2,16,17,20)/t10-,13-/m0/s1. The topological polar surface area (TPSA) is 78.4 Å². The molecule has 0 unspecified atom stereocenters. The summed E-state index contributed by atoms with van der Waals surface area (Å²) in [5.41, 5.74) is 1.77. The Morgan fingerprint density at radius 3 is 2.55 bits per heavy atom. The van der Waals surface area contributed by atoms with Crippen LogP contribution in [0.15, 0.2) is 24.3 Å². The summed E-state index contributed by atoms with van der Waals surface area (Å²) in [4.78, 5) is 23.0. The van der Waals surface area contributed by atoms with Crippen LogP contribution in [0.2, 0.25) is 0 Å². The van der Waals surface area contributed by atoms with Gasteiger partial charge in [0.1, 0.15) is 6.04 Å². The van der Waals surface area contributed by atoms with Crippen molar-refractivity contribution in [1.29, 1.82) is 0 Å². The molecule has 0 radical (unpaired) electrons. The van der Waals surface area contributed by atoms with Gasteiger partial charge >= 0.3 is 12.0 Å². The van der Waals surface area contributed by atoms with E-state index in [1.165, 1.54) is 0 Å². The fraction of sp³-hybridized carbons (Fsp3) is 0.467. The average Bonchev–Trinajstić information content (AvgIpc) is 2.43. The second-order valence-corrected chi connectivity index (χ2v) is 4.85. The number of hydrogen-bond donors (Lipinski definition) is 3. The molecule has 0 saturated heterocycles. The number of hydrogen-bond acceptors (Lipinski definition) is 2. The van der Waals surface area contributed by atoms with Crippen molar-refractivity contribution < 1.29 is 14.7 Å². The summed E-state index contributed by atoms with van der Waals surface area (Å²) in [6.45, 7) is 5.73. The molecule has 3 N–H and O–H groups in total. The molecule has 0 saturated carbocycles. The summed E-state index contributed by atoms with van der Waals surface area (Å²) in [5, 5.41) is 14.3. The van der Waals surface area contributed by atoms with E-state index in [1.807, 2.05) is 32.0 Å². The third-order valence-electron chi connectivity index (χ3n) is 3.36. The molecular formula is C15H22N2O3. The van der Waals surface area contributed by atoms with Gasteiger partial charge in [-0.15, -0.1) is 0 Å². The van der Waals surface area contributed by atoms with Crippen LogP contribution in [-0.2, 0) is 11.2 Å². The van der Waals surface area contributed by atoms with Crippen molar-refractivity contribution in [2.45, 2.75) is 39.7 Å². The molecule has 0 bridgehead atoms. The highest BCUT2D eigenvalue weighted by molar-refractivity contribution is 5.92. The van der Waals surface area contributed by atoms with E-state index in [2.05, 4.69) is 10.6 Å². The average molecular weight is 278 g/mol. The Balaban J connectivity index is 2.68. The Labute approximate surface area is 119 Å². The normalized spacial score (nSPS) is 13.3. The summed E-state index contributed by atoms with van der Waals surface area (Å²) in [7, 11) is 0. The highest BCUT2D eigenvalue weighted by Gasteiger charge is 2.25. The molecule has 1 aromatic rings. The Morgan fingerprint density at radius 1 is 1.30 bits per heavy atom. The Bertz CT molecular complexity index is 474. The van der Waals surface area contributed by atoms with Gasteiger partial charge in [-0.3, -0.25) is 0 Å². The molecule has 1 rings (SSSR count). The first kappa shape index (κ1) is 16.0. The van der Waals surface area contributed by atoms with Gasteiger partial charge in [-0.2, -0.15) is 0 Å². The Morgan fingerprint density at radius 2 is 2.00 bits per heavy atom. The number of urea groups is 1. The smallest absolute Gasteiger partial charge is 0.326 e. The van der Waals surface area contributed by atoms with Crippen LogP contribution < -0.4 is 10.6 Å². The number of aryl methyl sites for hydroxylation is 1. The van der Waals surface area contributed by atoms with Crippen molar-refractivity contribution in [2.75, 3.05) is 5.32 Å². The molecular weight excluding hydrogens is 256 g/mol. The van der Waals surface area contributed by atoms with Gasteiger partial charge in [-0.05, 0) is 30.0 Å². The highest BCUT2D eigenvalue weighted by atomic mass is 16.4. The number of carboxylic acids is 1. The molecule has 0 aliphatic heterocycles. The highest BCUT2D eigenvalue weighted by Crippen LogP contribution is 2.12. The lowest BCUT2D eigenvalue weighted by molar-refractivity contribution is -0.140. The number of carbonyl (C=O) groups excluding carboxylic acids is 1. The van der Waals surface area contributed by atoms with Crippen LogP contribution in [0.4, 0.5) is 10.5 Å². The third kappa shape index (κ3) is 4.57. The number of rotatable bonds is 6. The van der Waals surface area contributed by atoms with Crippen LogP contribution in [0, 0.1) is 5.92 Å². The number of nitrogens with one attached hydrogen (secondary N) is 2. The summed E-state index contributed by atoms with van der Waals surface area (Å²) in [6, 6.07) is 6.11. The lowest BCUT2D eigenvalue weighted by Gasteiger charge is -2.20. The van der Waals surface area contributed by atoms with Crippen LogP contribution in [0.3, 0.4) is 0 Å².